The third-order valence-electron chi connectivity index (χ3n) is 3.28. The summed E-state index contributed by atoms with van der Waals surface area (Å²) >= 11 is 0. The highest BCUT2D eigenvalue weighted by Gasteiger charge is 2.14. The summed E-state index contributed by atoms with van der Waals surface area (Å²) in [6.07, 6.45) is 0.738. The third kappa shape index (κ3) is 3.22. The first-order chi connectivity index (χ1) is 10.6. The number of methoxy groups -OCH3 is 1. The van der Waals surface area contributed by atoms with Gasteiger partial charge in [0.15, 0.2) is 0 Å². The number of aldehydes is 1. The predicted octanol–water partition coefficient (Wildman–Crippen LogP) is 3.30. The Hall–Kier alpha value is -2.89. The van der Waals surface area contributed by atoms with Crippen LogP contribution in [-0.4, -0.2) is 18.3 Å². The highest BCUT2D eigenvalue weighted by atomic mass is 16.6. The molecule has 114 valence electrons. The van der Waals surface area contributed by atoms with Gasteiger partial charge in [-0.3, -0.25) is 14.9 Å². The predicted molar refractivity (Wildman–Crippen MR) is 80.5 cm³/mol. The van der Waals surface area contributed by atoms with E-state index in [0.29, 0.717) is 28.2 Å². The molecule has 0 saturated carbocycles. The number of hydrogen-bond donors (Lipinski definition) is 0. The zero-order valence-electron chi connectivity index (χ0n) is 12.2. The molecule has 2 rings (SSSR count). The lowest BCUT2D eigenvalue weighted by Crippen LogP contribution is -2.02. The number of nitro benzene ring substituents is 1. The lowest BCUT2D eigenvalue weighted by Gasteiger charge is -2.12. The Morgan fingerprint density at radius 3 is 2.64 bits per heavy atom. The molecular weight excluding hydrogens is 286 g/mol. The molecule has 0 saturated heterocycles. The number of carbonyl (C=O) groups excluding carboxylic acids is 1. The van der Waals surface area contributed by atoms with Crippen LogP contribution in [0.25, 0.3) is 0 Å². The molecule has 0 N–H and O–H groups in total. The van der Waals surface area contributed by atoms with Crippen LogP contribution >= 0.6 is 0 Å². The molecule has 0 bridgehead atoms. The minimum atomic E-state index is -0.449. The summed E-state index contributed by atoms with van der Waals surface area (Å²) in [5.41, 5.74) is 1.66. The van der Waals surface area contributed by atoms with Crippen LogP contribution in [0.3, 0.4) is 0 Å². The van der Waals surface area contributed by atoms with Crippen LogP contribution in [0, 0.1) is 17.0 Å². The normalized spacial score (nSPS) is 10.1. The molecule has 0 spiro atoms. The van der Waals surface area contributed by atoms with Gasteiger partial charge in [-0.2, -0.15) is 0 Å². The maximum atomic E-state index is 10.9. The van der Waals surface area contributed by atoms with Crippen LogP contribution < -0.4 is 9.47 Å². The molecule has 0 aliphatic rings. The van der Waals surface area contributed by atoms with Gasteiger partial charge in [0.25, 0.3) is 5.69 Å². The van der Waals surface area contributed by atoms with Gasteiger partial charge < -0.3 is 9.47 Å². The number of ether oxygens (including phenoxy) is 2. The van der Waals surface area contributed by atoms with Crippen LogP contribution in [0.4, 0.5) is 5.69 Å². The topological polar surface area (TPSA) is 78.7 Å². The second-order valence-electron chi connectivity index (χ2n) is 4.64. The van der Waals surface area contributed by atoms with Gasteiger partial charge in [-0.25, -0.2) is 0 Å². The first kappa shape index (κ1) is 15.5. The van der Waals surface area contributed by atoms with Crippen molar-refractivity contribution < 1.29 is 19.2 Å². The van der Waals surface area contributed by atoms with Crippen molar-refractivity contribution in [3.63, 3.8) is 0 Å². The fourth-order valence-corrected chi connectivity index (χ4v) is 2.10. The standard InChI is InChI=1S/C16H15NO5/c1-11-14(17(19)20)4-3-5-15(11)22-10-13-8-12(9-18)6-7-16(13)21-2/h3-9H,10H2,1-2H3. The summed E-state index contributed by atoms with van der Waals surface area (Å²) in [6.45, 7) is 1.78. The zero-order valence-corrected chi connectivity index (χ0v) is 12.2. The number of nitrogens with zero attached hydrogens (tertiary/aromatic N) is 1. The van der Waals surface area contributed by atoms with E-state index in [2.05, 4.69) is 0 Å². The van der Waals surface area contributed by atoms with E-state index in [1.165, 1.54) is 13.2 Å². The minimum absolute atomic E-state index is 0.00565. The molecule has 0 aromatic heterocycles. The van der Waals surface area contributed by atoms with Gasteiger partial charge in [0.1, 0.15) is 24.4 Å². The molecule has 6 heteroatoms. The van der Waals surface area contributed by atoms with Crippen LogP contribution in [0.2, 0.25) is 0 Å². The van der Waals surface area contributed by atoms with Gasteiger partial charge in [0.2, 0.25) is 0 Å². The van der Waals surface area contributed by atoms with Gasteiger partial charge in [0, 0.05) is 17.2 Å². The number of rotatable bonds is 6. The maximum absolute atomic E-state index is 10.9. The van der Waals surface area contributed by atoms with Crippen molar-refractivity contribution in [2.24, 2.45) is 0 Å². The largest absolute Gasteiger partial charge is 0.496 e. The molecule has 0 radical (unpaired) electrons. The summed E-state index contributed by atoms with van der Waals surface area (Å²) in [6, 6.07) is 9.66. The first-order valence-electron chi connectivity index (χ1n) is 6.55. The van der Waals surface area contributed by atoms with E-state index in [0.717, 1.165) is 6.29 Å². The fraction of sp³-hybridized carbons (Fsp3) is 0.188. The van der Waals surface area contributed by atoms with E-state index in [1.807, 2.05) is 0 Å². The molecule has 0 amide bonds. The molecule has 6 nitrogen and oxygen atoms in total. The maximum Gasteiger partial charge on any atom is 0.276 e. The lowest BCUT2D eigenvalue weighted by atomic mass is 10.1. The van der Waals surface area contributed by atoms with Crippen molar-refractivity contribution in [3.05, 3.63) is 63.2 Å². The van der Waals surface area contributed by atoms with Crippen molar-refractivity contribution >= 4 is 12.0 Å². The molecule has 2 aromatic rings. The Kier molecular flexibility index (Phi) is 4.73. The average molecular weight is 301 g/mol. The Labute approximate surface area is 127 Å². The van der Waals surface area contributed by atoms with E-state index < -0.39 is 4.92 Å². The van der Waals surface area contributed by atoms with E-state index in [-0.39, 0.29) is 12.3 Å². The van der Waals surface area contributed by atoms with Gasteiger partial charge in [-0.1, -0.05) is 6.07 Å². The van der Waals surface area contributed by atoms with Crippen LogP contribution in [0.15, 0.2) is 36.4 Å². The molecule has 0 fully saturated rings. The average Bonchev–Trinajstić information content (AvgIpc) is 2.53. The van der Waals surface area contributed by atoms with Crippen LogP contribution in [-0.2, 0) is 6.61 Å². The smallest absolute Gasteiger partial charge is 0.276 e. The third-order valence-corrected chi connectivity index (χ3v) is 3.28. The van der Waals surface area contributed by atoms with Crippen molar-refractivity contribution in [2.45, 2.75) is 13.5 Å². The number of benzene rings is 2. The Morgan fingerprint density at radius 1 is 1.23 bits per heavy atom. The number of hydrogen-bond acceptors (Lipinski definition) is 5. The summed E-state index contributed by atoms with van der Waals surface area (Å²) in [5.74, 6) is 1.02. The Bertz CT molecular complexity index is 712. The molecular formula is C16H15NO5. The summed E-state index contributed by atoms with van der Waals surface area (Å²) < 4.78 is 10.9. The van der Waals surface area contributed by atoms with Crippen molar-refractivity contribution in [3.8, 4) is 11.5 Å². The molecule has 0 atom stereocenters. The Balaban J connectivity index is 2.25. The highest BCUT2D eigenvalue weighted by molar-refractivity contribution is 5.75. The summed E-state index contributed by atoms with van der Waals surface area (Å²) in [4.78, 5) is 21.3. The van der Waals surface area contributed by atoms with Gasteiger partial charge in [-0.05, 0) is 31.2 Å². The van der Waals surface area contributed by atoms with Crippen molar-refractivity contribution in [2.75, 3.05) is 7.11 Å². The second-order valence-corrected chi connectivity index (χ2v) is 4.64. The molecule has 0 heterocycles. The first-order valence-corrected chi connectivity index (χ1v) is 6.55. The van der Waals surface area contributed by atoms with E-state index in [1.54, 1.807) is 37.3 Å². The van der Waals surface area contributed by atoms with Crippen molar-refractivity contribution in [1.82, 2.24) is 0 Å². The molecule has 0 aliphatic heterocycles. The summed E-state index contributed by atoms with van der Waals surface area (Å²) in [7, 11) is 1.53. The van der Waals surface area contributed by atoms with E-state index in [4.69, 9.17) is 9.47 Å². The van der Waals surface area contributed by atoms with Gasteiger partial charge in [0.05, 0.1) is 17.6 Å². The Morgan fingerprint density at radius 2 is 2.00 bits per heavy atom. The van der Waals surface area contributed by atoms with Crippen molar-refractivity contribution in [1.29, 1.82) is 0 Å². The fourth-order valence-electron chi connectivity index (χ4n) is 2.10. The quantitative estimate of drug-likeness (QED) is 0.464. The second kappa shape index (κ2) is 6.71. The molecule has 22 heavy (non-hydrogen) atoms. The highest BCUT2D eigenvalue weighted by Crippen LogP contribution is 2.29. The lowest BCUT2D eigenvalue weighted by molar-refractivity contribution is -0.385. The summed E-state index contributed by atoms with van der Waals surface area (Å²) in [5, 5.41) is 10.9. The molecule has 2 aromatic carbocycles. The minimum Gasteiger partial charge on any atom is -0.496 e. The van der Waals surface area contributed by atoms with E-state index >= 15 is 0 Å². The zero-order chi connectivity index (χ0) is 16.1. The molecule has 0 unspecified atom stereocenters. The van der Waals surface area contributed by atoms with E-state index in [9.17, 15) is 14.9 Å². The SMILES string of the molecule is COc1ccc(C=O)cc1COc1cccc([N+](=O)[O-])c1C. The van der Waals surface area contributed by atoms with Crippen LogP contribution in [0.1, 0.15) is 21.5 Å². The van der Waals surface area contributed by atoms with Gasteiger partial charge in [-0.15, -0.1) is 0 Å². The molecule has 0 aliphatic carbocycles. The van der Waals surface area contributed by atoms with Crippen LogP contribution in [0.5, 0.6) is 11.5 Å². The van der Waals surface area contributed by atoms with Gasteiger partial charge >= 0.3 is 0 Å². The number of nitro groups is 1. The monoisotopic (exact) mass is 301 g/mol. The number of carbonyl (C=O) groups is 1.